The lowest BCUT2D eigenvalue weighted by Gasteiger charge is -2.28. The Kier molecular flexibility index (Phi) is 4.78. The number of hydrogen-bond donors (Lipinski definition) is 1. The van der Waals surface area contributed by atoms with Crippen LogP contribution in [0.15, 0.2) is 18.2 Å². The summed E-state index contributed by atoms with van der Waals surface area (Å²) < 4.78 is 19.8. The van der Waals surface area contributed by atoms with Gasteiger partial charge >= 0.3 is 0 Å². The molecule has 1 aromatic rings. The second kappa shape index (κ2) is 5.69. The van der Waals surface area contributed by atoms with Crippen molar-refractivity contribution in [1.82, 2.24) is 0 Å². The number of nitrogens with two attached hydrogens (primary N) is 1. The molecule has 96 valence electrons. The van der Waals surface area contributed by atoms with E-state index in [4.69, 9.17) is 22.1 Å². The van der Waals surface area contributed by atoms with Gasteiger partial charge in [0.25, 0.3) is 0 Å². The van der Waals surface area contributed by atoms with Crippen LogP contribution in [0.4, 0.5) is 4.39 Å². The lowest BCUT2D eigenvalue weighted by atomic mass is 9.86. The molecule has 0 spiro atoms. The molecule has 0 heterocycles. The molecule has 0 aliphatic heterocycles. The Hall–Kier alpha value is -0.800. The summed E-state index contributed by atoms with van der Waals surface area (Å²) in [4.78, 5) is 0. The van der Waals surface area contributed by atoms with Crippen molar-refractivity contribution >= 4 is 11.6 Å². The fourth-order valence-electron chi connectivity index (χ4n) is 1.71. The smallest absolute Gasteiger partial charge is 0.129 e. The molecule has 0 aromatic heterocycles. The van der Waals surface area contributed by atoms with Gasteiger partial charge in [-0.3, -0.25) is 0 Å². The predicted octanol–water partition coefficient (Wildman–Crippen LogP) is 3.21. The van der Waals surface area contributed by atoms with Gasteiger partial charge in [0.2, 0.25) is 0 Å². The van der Waals surface area contributed by atoms with Crippen LogP contribution in [0.25, 0.3) is 0 Å². The maximum atomic E-state index is 14.6. The lowest BCUT2D eigenvalue weighted by molar-refractivity contribution is 0.109. The summed E-state index contributed by atoms with van der Waals surface area (Å²) in [6, 6.07) is 5.20. The van der Waals surface area contributed by atoms with Crippen molar-refractivity contribution in [2.45, 2.75) is 25.9 Å². The minimum Gasteiger partial charge on any atom is -0.496 e. The molecule has 0 radical (unpaired) electrons. The molecular weight excluding hydrogens is 241 g/mol. The summed E-state index contributed by atoms with van der Waals surface area (Å²) in [5, 5.41) is 0.573. The second-order valence-electron chi connectivity index (χ2n) is 4.53. The third kappa shape index (κ3) is 3.33. The van der Waals surface area contributed by atoms with Crippen molar-refractivity contribution in [2.75, 3.05) is 13.7 Å². The van der Waals surface area contributed by atoms with Gasteiger partial charge in [0, 0.05) is 18.0 Å². The monoisotopic (exact) mass is 259 g/mol. The maximum absolute atomic E-state index is 14.6. The Labute approximate surface area is 107 Å². The lowest BCUT2D eigenvalue weighted by Crippen LogP contribution is -2.40. The normalized spacial score (nSPS) is 14.8. The molecule has 0 amide bonds. The van der Waals surface area contributed by atoms with Crippen molar-refractivity contribution in [1.29, 1.82) is 0 Å². The molecule has 4 heteroatoms. The van der Waals surface area contributed by atoms with E-state index in [1.54, 1.807) is 25.3 Å². The number of hydrogen-bond acceptors (Lipinski definition) is 2. The van der Waals surface area contributed by atoms with Crippen LogP contribution in [0.2, 0.25) is 5.02 Å². The van der Waals surface area contributed by atoms with Crippen LogP contribution < -0.4 is 10.5 Å². The average molecular weight is 260 g/mol. The van der Waals surface area contributed by atoms with Crippen LogP contribution in [0.1, 0.15) is 19.4 Å². The molecule has 1 atom stereocenters. The van der Waals surface area contributed by atoms with E-state index in [1.807, 2.05) is 13.8 Å². The van der Waals surface area contributed by atoms with Crippen LogP contribution in [0.3, 0.4) is 0 Å². The van der Waals surface area contributed by atoms with E-state index < -0.39 is 5.67 Å². The zero-order chi connectivity index (χ0) is 13.1. The van der Waals surface area contributed by atoms with Crippen molar-refractivity contribution in [3.8, 4) is 5.75 Å². The highest BCUT2D eigenvalue weighted by Gasteiger charge is 2.33. The van der Waals surface area contributed by atoms with Gasteiger partial charge in [-0.05, 0) is 29.7 Å². The Morgan fingerprint density at radius 2 is 2.12 bits per heavy atom. The molecule has 17 heavy (non-hydrogen) atoms. The first kappa shape index (κ1) is 14.3. The topological polar surface area (TPSA) is 35.2 Å². The minimum absolute atomic E-state index is 0.0136. The van der Waals surface area contributed by atoms with Gasteiger partial charge in [-0.1, -0.05) is 25.4 Å². The number of benzene rings is 1. The number of alkyl halides is 1. The summed E-state index contributed by atoms with van der Waals surface area (Å²) in [5.41, 5.74) is 4.86. The number of ether oxygens (including phenoxy) is 1. The zero-order valence-electron chi connectivity index (χ0n) is 10.5. The zero-order valence-corrected chi connectivity index (χ0v) is 11.2. The van der Waals surface area contributed by atoms with Crippen LogP contribution >= 0.6 is 11.6 Å². The molecule has 2 nitrogen and oxygen atoms in total. The van der Waals surface area contributed by atoms with E-state index in [0.717, 1.165) is 5.56 Å². The number of halogens is 2. The van der Waals surface area contributed by atoms with Gasteiger partial charge in [0.05, 0.1) is 7.11 Å². The largest absolute Gasteiger partial charge is 0.496 e. The number of methoxy groups -OCH3 is 1. The highest BCUT2D eigenvalue weighted by Crippen LogP contribution is 2.31. The van der Waals surface area contributed by atoms with Crippen molar-refractivity contribution in [3.63, 3.8) is 0 Å². The van der Waals surface area contributed by atoms with Gasteiger partial charge < -0.3 is 10.5 Å². The SMILES string of the molecule is COc1ccc(Cl)cc1CC(F)(CN)C(C)C. The van der Waals surface area contributed by atoms with E-state index in [-0.39, 0.29) is 18.9 Å². The van der Waals surface area contributed by atoms with E-state index in [1.165, 1.54) is 0 Å². The standard InChI is InChI=1S/C13H19ClFNO/c1-9(2)13(15,8-16)7-10-6-11(14)4-5-12(10)17-3/h4-6,9H,7-8,16H2,1-3H3. The van der Waals surface area contributed by atoms with E-state index in [0.29, 0.717) is 10.8 Å². The first-order valence-electron chi connectivity index (χ1n) is 5.64. The number of rotatable bonds is 5. The molecule has 2 N–H and O–H groups in total. The van der Waals surface area contributed by atoms with Crippen LogP contribution in [0, 0.1) is 5.92 Å². The van der Waals surface area contributed by atoms with Crippen LogP contribution in [-0.2, 0) is 6.42 Å². The van der Waals surface area contributed by atoms with Crippen molar-refractivity contribution in [3.05, 3.63) is 28.8 Å². The molecule has 1 aromatic carbocycles. The predicted molar refractivity (Wildman–Crippen MR) is 69.4 cm³/mol. The highest BCUT2D eigenvalue weighted by atomic mass is 35.5. The molecule has 0 saturated heterocycles. The summed E-state index contributed by atoms with van der Waals surface area (Å²) in [5.74, 6) is 0.488. The Bertz CT molecular complexity index is 384. The molecule has 1 rings (SSSR count). The molecule has 0 bridgehead atoms. The molecule has 0 fully saturated rings. The Balaban J connectivity index is 3.04. The first-order valence-corrected chi connectivity index (χ1v) is 6.02. The van der Waals surface area contributed by atoms with Crippen LogP contribution in [-0.4, -0.2) is 19.3 Å². The van der Waals surface area contributed by atoms with Gasteiger partial charge in [0.15, 0.2) is 0 Å². The first-order chi connectivity index (χ1) is 7.92. The Morgan fingerprint density at radius 3 is 2.59 bits per heavy atom. The Morgan fingerprint density at radius 1 is 1.47 bits per heavy atom. The van der Waals surface area contributed by atoms with Gasteiger partial charge in [0.1, 0.15) is 11.4 Å². The second-order valence-corrected chi connectivity index (χ2v) is 4.96. The molecule has 0 aliphatic carbocycles. The molecule has 0 aliphatic rings. The van der Waals surface area contributed by atoms with Gasteiger partial charge in [-0.15, -0.1) is 0 Å². The summed E-state index contributed by atoms with van der Waals surface area (Å²) in [6.07, 6.45) is 0.213. The van der Waals surface area contributed by atoms with Gasteiger partial charge in [-0.25, -0.2) is 4.39 Å². The molecule has 1 unspecified atom stereocenters. The van der Waals surface area contributed by atoms with E-state index in [2.05, 4.69) is 0 Å². The summed E-state index contributed by atoms with van der Waals surface area (Å²) >= 11 is 5.92. The molecule has 0 saturated carbocycles. The average Bonchev–Trinajstić information content (AvgIpc) is 2.29. The van der Waals surface area contributed by atoms with Crippen molar-refractivity contribution < 1.29 is 9.13 Å². The van der Waals surface area contributed by atoms with E-state index in [9.17, 15) is 4.39 Å². The third-order valence-corrected chi connectivity index (χ3v) is 3.34. The highest BCUT2D eigenvalue weighted by molar-refractivity contribution is 6.30. The van der Waals surface area contributed by atoms with Gasteiger partial charge in [-0.2, -0.15) is 0 Å². The minimum atomic E-state index is -1.43. The van der Waals surface area contributed by atoms with Crippen molar-refractivity contribution in [2.24, 2.45) is 11.7 Å². The fraction of sp³-hybridized carbons (Fsp3) is 0.538. The fourth-order valence-corrected chi connectivity index (χ4v) is 1.91. The van der Waals surface area contributed by atoms with E-state index >= 15 is 0 Å². The molecular formula is C13H19ClFNO. The third-order valence-electron chi connectivity index (χ3n) is 3.10. The summed E-state index contributed by atoms with van der Waals surface area (Å²) in [7, 11) is 1.56. The maximum Gasteiger partial charge on any atom is 0.129 e. The van der Waals surface area contributed by atoms with Crippen LogP contribution in [0.5, 0.6) is 5.75 Å². The quantitative estimate of drug-likeness (QED) is 0.881. The summed E-state index contributed by atoms with van der Waals surface area (Å²) in [6.45, 7) is 3.63.